The lowest BCUT2D eigenvalue weighted by molar-refractivity contribution is -0.116. The molecule has 2 rings (SSSR count). The zero-order valence-electron chi connectivity index (χ0n) is 13.0. The van der Waals surface area contributed by atoms with E-state index in [1.54, 1.807) is 31.2 Å². The maximum absolute atomic E-state index is 12.6. The van der Waals surface area contributed by atoms with Crippen LogP contribution < -0.4 is 5.32 Å². The minimum absolute atomic E-state index is 0.0418. The number of benzene rings is 1. The minimum atomic E-state index is -0.313. The van der Waals surface area contributed by atoms with Crippen LogP contribution in [0.3, 0.4) is 0 Å². The number of aromatic nitrogens is 1. The van der Waals surface area contributed by atoms with E-state index in [1.165, 1.54) is 4.90 Å². The van der Waals surface area contributed by atoms with Gasteiger partial charge in [-0.25, -0.2) is 0 Å². The van der Waals surface area contributed by atoms with Crippen LogP contribution in [-0.2, 0) is 4.79 Å². The van der Waals surface area contributed by atoms with E-state index in [9.17, 15) is 9.59 Å². The monoisotopic (exact) mass is 379 g/mol. The molecular formula is C16H18BrN3O3. The van der Waals surface area contributed by atoms with Crippen LogP contribution in [0.25, 0.3) is 0 Å². The van der Waals surface area contributed by atoms with E-state index in [-0.39, 0.29) is 18.4 Å². The Labute approximate surface area is 143 Å². The van der Waals surface area contributed by atoms with Crippen LogP contribution in [0.5, 0.6) is 0 Å². The van der Waals surface area contributed by atoms with Gasteiger partial charge < -0.3 is 14.7 Å². The van der Waals surface area contributed by atoms with Gasteiger partial charge in [-0.2, -0.15) is 0 Å². The van der Waals surface area contributed by atoms with E-state index in [4.69, 9.17) is 4.52 Å². The number of nitrogens with zero attached hydrogens (tertiary/aromatic N) is 2. The highest BCUT2D eigenvalue weighted by Crippen LogP contribution is 2.18. The highest BCUT2D eigenvalue weighted by molar-refractivity contribution is 9.10. The first-order valence-corrected chi connectivity index (χ1v) is 8.07. The third-order valence-electron chi connectivity index (χ3n) is 3.11. The number of halogens is 1. The van der Waals surface area contributed by atoms with Gasteiger partial charge in [0.1, 0.15) is 12.3 Å². The molecule has 1 aromatic carbocycles. The molecule has 0 saturated heterocycles. The highest BCUT2D eigenvalue weighted by atomic mass is 79.9. The summed E-state index contributed by atoms with van der Waals surface area (Å²) < 4.78 is 5.61. The van der Waals surface area contributed by atoms with E-state index >= 15 is 0 Å². The largest absolute Gasteiger partial charge is 0.360 e. The zero-order chi connectivity index (χ0) is 16.8. The standard InChI is InChI=1S/C16H18BrN3O3/c1-3-8-20(16(22)12-6-4-5-7-13(12)17)10-15(21)18-14-9-11(2)23-19-14/h4-7,9H,3,8,10H2,1-2H3,(H,18,19,21). The molecule has 0 atom stereocenters. The molecule has 1 aromatic heterocycles. The van der Waals surface area contributed by atoms with Gasteiger partial charge in [-0.05, 0) is 41.4 Å². The summed E-state index contributed by atoms with van der Waals surface area (Å²) >= 11 is 3.37. The van der Waals surface area contributed by atoms with Crippen molar-refractivity contribution in [2.45, 2.75) is 20.3 Å². The van der Waals surface area contributed by atoms with Gasteiger partial charge in [0.15, 0.2) is 5.82 Å². The van der Waals surface area contributed by atoms with Crippen molar-refractivity contribution in [2.75, 3.05) is 18.4 Å². The van der Waals surface area contributed by atoms with Crippen molar-refractivity contribution >= 4 is 33.6 Å². The molecule has 1 N–H and O–H groups in total. The van der Waals surface area contributed by atoms with Crippen LogP contribution in [-0.4, -0.2) is 35.0 Å². The Hall–Kier alpha value is -2.15. The number of aryl methyl sites for hydroxylation is 1. The van der Waals surface area contributed by atoms with E-state index in [0.717, 1.165) is 6.42 Å². The van der Waals surface area contributed by atoms with E-state index in [0.29, 0.717) is 28.2 Å². The summed E-state index contributed by atoms with van der Waals surface area (Å²) in [7, 11) is 0. The predicted octanol–water partition coefficient (Wildman–Crippen LogP) is 3.24. The second-order valence-electron chi connectivity index (χ2n) is 5.08. The summed E-state index contributed by atoms with van der Waals surface area (Å²) in [5, 5.41) is 6.33. The SMILES string of the molecule is CCCN(CC(=O)Nc1cc(C)on1)C(=O)c1ccccc1Br. The van der Waals surface area contributed by atoms with Gasteiger partial charge in [0.05, 0.1) is 5.56 Å². The van der Waals surface area contributed by atoms with Crippen molar-refractivity contribution < 1.29 is 14.1 Å². The Bertz CT molecular complexity index is 699. The summed E-state index contributed by atoms with van der Waals surface area (Å²) in [6, 6.07) is 8.78. The second kappa shape index (κ2) is 7.92. The fraction of sp³-hybridized carbons (Fsp3) is 0.312. The first kappa shape index (κ1) is 17.2. The zero-order valence-corrected chi connectivity index (χ0v) is 14.6. The summed E-state index contributed by atoms with van der Waals surface area (Å²) in [6.45, 7) is 4.15. The molecule has 0 spiro atoms. The number of anilines is 1. The van der Waals surface area contributed by atoms with E-state index < -0.39 is 0 Å². The number of carbonyl (C=O) groups excluding carboxylic acids is 2. The molecule has 0 aliphatic heterocycles. The van der Waals surface area contributed by atoms with Gasteiger partial charge in [0.25, 0.3) is 5.91 Å². The van der Waals surface area contributed by atoms with Gasteiger partial charge in [-0.3, -0.25) is 9.59 Å². The average molecular weight is 380 g/mol. The molecule has 23 heavy (non-hydrogen) atoms. The molecule has 122 valence electrons. The lowest BCUT2D eigenvalue weighted by atomic mass is 10.2. The highest BCUT2D eigenvalue weighted by Gasteiger charge is 2.20. The van der Waals surface area contributed by atoms with Crippen LogP contribution in [0.1, 0.15) is 29.5 Å². The lowest BCUT2D eigenvalue weighted by Gasteiger charge is -2.22. The average Bonchev–Trinajstić information content (AvgIpc) is 2.91. The maximum Gasteiger partial charge on any atom is 0.255 e. The molecule has 0 radical (unpaired) electrons. The number of hydrogen-bond donors (Lipinski definition) is 1. The van der Waals surface area contributed by atoms with Crippen LogP contribution >= 0.6 is 15.9 Å². The minimum Gasteiger partial charge on any atom is -0.360 e. The molecule has 2 aromatic rings. The smallest absolute Gasteiger partial charge is 0.255 e. The van der Waals surface area contributed by atoms with Crippen LogP contribution in [0.2, 0.25) is 0 Å². The molecule has 6 nitrogen and oxygen atoms in total. The topological polar surface area (TPSA) is 75.4 Å². The van der Waals surface area contributed by atoms with Crippen molar-refractivity contribution in [2.24, 2.45) is 0 Å². The Kier molecular flexibility index (Phi) is 5.92. The van der Waals surface area contributed by atoms with E-state index in [1.807, 2.05) is 13.0 Å². The molecule has 0 aliphatic rings. The molecule has 2 amide bonds. The molecule has 0 saturated carbocycles. The van der Waals surface area contributed by atoms with Gasteiger partial charge in [0.2, 0.25) is 5.91 Å². The van der Waals surface area contributed by atoms with Crippen molar-refractivity contribution in [3.05, 3.63) is 46.1 Å². The molecule has 0 bridgehead atoms. The Morgan fingerprint density at radius 2 is 2.09 bits per heavy atom. The first-order valence-electron chi connectivity index (χ1n) is 7.28. The molecule has 0 aliphatic carbocycles. The van der Waals surface area contributed by atoms with Crippen molar-refractivity contribution in [3.8, 4) is 0 Å². The summed E-state index contributed by atoms with van der Waals surface area (Å²) in [5.41, 5.74) is 0.533. The molecule has 0 unspecified atom stereocenters. The van der Waals surface area contributed by atoms with Crippen molar-refractivity contribution in [1.29, 1.82) is 0 Å². The summed E-state index contributed by atoms with van der Waals surface area (Å²) in [4.78, 5) is 26.3. The maximum atomic E-state index is 12.6. The van der Waals surface area contributed by atoms with Gasteiger partial charge >= 0.3 is 0 Å². The molecule has 7 heteroatoms. The third-order valence-corrected chi connectivity index (χ3v) is 3.81. The first-order chi connectivity index (χ1) is 11.0. The number of rotatable bonds is 6. The number of nitrogens with one attached hydrogen (secondary N) is 1. The van der Waals surface area contributed by atoms with Gasteiger partial charge in [0, 0.05) is 17.1 Å². The predicted molar refractivity (Wildman–Crippen MR) is 90.2 cm³/mol. The lowest BCUT2D eigenvalue weighted by Crippen LogP contribution is -2.38. The van der Waals surface area contributed by atoms with Crippen molar-refractivity contribution in [3.63, 3.8) is 0 Å². The van der Waals surface area contributed by atoms with E-state index in [2.05, 4.69) is 26.4 Å². The van der Waals surface area contributed by atoms with Gasteiger partial charge in [-0.15, -0.1) is 0 Å². The Balaban J connectivity index is 2.07. The Morgan fingerprint density at radius 1 is 1.35 bits per heavy atom. The van der Waals surface area contributed by atoms with Gasteiger partial charge in [-0.1, -0.05) is 24.2 Å². The number of hydrogen-bond acceptors (Lipinski definition) is 4. The summed E-state index contributed by atoms with van der Waals surface area (Å²) in [5.74, 6) is 0.449. The van der Waals surface area contributed by atoms with Crippen LogP contribution in [0, 0.1) is 6.92 Å². The second-order valence-corrected chi connectivity index (χ2v) is 5.93. The Morgan fingerprint density at radius 3 is 2.70 bits per heavy atom. The summed E-state index contributed by atoms with van der Waals surface area (Å²) in [6.07, 6.45) is 0.756. The normalized spacial score (nSPS) is 10.4. The number of carbonyl (C=O) groups is 2. The molecule has 0 fully saturated rings. The fourth-order valence-corrected chi connectivity index (χ4v) is 2.56. The quantitative estimate of drug-likeness (QED) is 0.835. The van der Waals surface area contributed by atoms with Crippen LogP contribution in [0.4, 0.5) is 5.82 Å². The fourth-order valence-electron chi connectivity index (χ4n) is 2.11. The molecular weight excluding hydrogens is 362 g/mol. The number of amides is 2. The third kappa shape index (κ3) is 4.66. The van der Waals surface area contributed by atoms with Crippen molar-refractivity contribution in [1.82, 2.24) is 10.1 Å². The molecule has 1 heterocycles. The van der Waals surface area contributed by atoms with Crippen LogP contribution in [0.15, 0.2) is 39.3 Å².